The van der Waals surface area contributed by atoms with E-state index < -0.39 is 0 Å². The normalized spacial score (nSPS) is 29.6. The topological polar surface area (TPSA) is 75.1 Å². The van der Waals surface area contributed by atoms with Crippen molar-refractivity contribution < 1.29 is 4.79 Å². The molecule has 3 aliphatic rings. The summed E-state index contributed by atoms with van der Waals surface area (Å²) in [7, 11) is 0. The minimum atomic E-state index is -0.0244. The number of carbonyl (C=O) groups is 1. The maximum absolute atomic E-state index is 12.8. The Labute approximate surface area is 155 Å². The van der Waals surface area contributed by atoms with Gasteiger partial charge in [-0.25, -0.2) is 4.79 Å². The lowest BCUT2D eigenvalue weighted by Gasteiger charge is -2.37. The number of fused-ring (bicyclic) bond motifs is 1. The van der Waals surface area contributed by atoms with Gasteiger partial charge in [0.1, 0.15) is 5.82 Å². The molecule has 2 aliphatic heterocycles. The number of urea groups is 1. The van der Waals surface area contributed by atoms with Crippen LogP contribution in [0.4, 0.5) is 4.79 Å². The minimum Gasteiger partial charge on any atom is -0.337 e. The number of nitrogens with one attached hydrogen (secondary N) is 2. The zero-order chi connectivity index (χ0) is 18.1. The van der Waals surface area contributed by atoms with Crippen LogP contribution in [0.5, 0.6) is 0 Å². The summed E-state index contributed by atoms with van der Waals surface area (Å²) in [6.45, 7) is 8.65. The highest BCUT2D eigenvalue weighted by molar-refractivity contribution is 5.74. The molecule has 2 N–H and O–H groups in total. The minimum absolute atomic E-state index is 0.0244. The fraction of sp³-hybridized carbons (Fsp3) is 0.842. The molecule has 7 heteroatoms. The highest BCUT2D eigenvalue weighted by atomic mass is 16.2. The maximum atomic E-state index is 12.8. The molecule has 0 radical (unpaired) electrons. The van der Waals surface area contributed by atoms with Crippen molar-refractivity contribution in [2.75, 3.05) is 26.2 Å². The number of hydrogen-bond acceptors (Lipinski definition) is 4. The van der Waals surface area contributed by atoms with E-state index in [0.717, 1.165) is 50.8 Å². The number of rotatable bonds is 3. The Balaban J connectivity index is 1.40. The molecule has 26 heavy (non-hydrogen) atoms. The van der Waals surface area contributed by atoms with Gasteiger partial charge in [-0.3, -0.25) is 0 Å². The fourth-order valence-corrected chi connectivity index (χ4v) is 4.83. The van der Waals surface area contributed by atoms with Crippen molar-refractivity contribution in [1.29, 1.82) is 0 Å². The molecule has 2 amide bonds. The monoisotopic (exact) mass is 360 g/mol. The summed E-state index contributed by atoms with van der Waals surface area (Å²) >= 11 is 0. The van der Waals surface area contributed by atoms with E-state index in [1.54, 1.807) is 0 Å². The lowest BCUT2D eigenvalue weighted by Crippen LogP contribution is -2.51. The molecule has 2 atom stereocenters. The van der Waals surface area contributed by atoms with Gasteiger partial charge in [0, 0.05) is 32.1 Å². The summed E-state index contributed by atoms with van der Waals surface area (Å²) in [6, 6.07) is 0.00431. The molecule has 1 aromatic rings. The van der Waals surface area contributed by atoms with Gasteiger partial charge in [0.25, 0.3) is 0 Å². The van der Waals surface area contributed by atoms with Crippen LogP contribution in [0.1, 0.15) is 76.0 Å². The molecular formula is C19H32N6O. The standard InChI is InChI=1S/C19H32N6O/c1-14-16-22-23-17(15-6-3-4-7-15)25(16)11-10-24(14)18(26)21-13-19(2)8-5-9-20-12-19/h14-15,20H,3-13H2,1-2H3,(H,21,26). The molecular weight excluding hydrogens is 328 g/mol. The summed E-state index contributed by atoms with van der Waals surface area (Å²) in [6.07, 6.45) is 7.39. The predicted octanol–water partition coefficient (Wildman–Crippen LogP) is 2.41. The Morgan fingerprint density at radius 1 is 1.23 bits per heavy atom. The molecule has 0 aromatic carbocycles. The predicted molar refractivity (Wildman–Crippen MR) is 100.0 cm³/mol. The molecule has 1 aromatic heterocycles. The second-order valence-electron chi connectivity index (χ2n) is 8.67. The van der Waals surface area contributed by atoms with E-state index in [9.17, 15) is 4.79 Å². The summed E-state index contributed by atoms with van der Waals surface area (Å²) in [5, 5.41) is 15.6. The maximum Gasteiger partial charge on any atom is 0.318 e. The Morgan fingerprint density at radius 2 is 2.00 bits per heavy atom. The van der Waals surface area contributed by atoms with Crippen LogP contribution in [0.2, 0.25) is 0 Å². The van der Waals surface area contributed by atoms with Gasteiger partial charge in [-0.2, -0.15) is 0 Å². The first-order valence-electron chi connectivity index (χ1n) is 10.3. The Kier molecular flexibility index (Phi) is 4.90. The lowest BCUT2D eigenvalue weighted by atomic mass is 9.83. The molecule has 0 spiro atoms. The number of amides is 2. The first-order chi connectivity index (χ1) is 12.6. The molecule has 3 heterocycles. The molecule has 0 bridgehead atoms. The van der Waals surface area contributed by atoms with Gasteiger partial charge in [0.05, 0.1) is 6.04 Å². The van der Waals surface area contributed by atoms with E-state index >= 15 is 0 Å². The van der Waals surface area contributed by atoms with Crippen molar-refractivity contribution in [3.63, 3.8) is 0 Å². The Bertz CT molecular complexity index is 644. The van der Waals surface area contributed by atoms with Crippen molar-refractivity contribution in [3.8, 4) is 0 Å². The summed E-state index contributed by atoms with van der Waals surface area (Å²) in [5.41, 5.74) is 0.155. The van der Waals surface area contributed by atoms with Gasteiger partial charge in [0.2, 0.25) is 0 Å². The molecule has 1 saturated heterocycles. The van der Waals surface area contributed by atoms with E-state index in [2.05, 4.69) is 39.2 Å². The van der Waals surface area contributed by atoms with Crippen LogP contribution in [0, 0.1) is 5.41 Å². The van der Waals surface area contributed by atoms with Crippen LogP contribution in [0.15, 0.2) is 0 Å². The van der Waals surface area contributed by atoms with Crippen LogP contribution in [0.3, 0.4) is 0 Å². The van der Waals surface area contributed by atoms with Gasteiger partial charge in [-0.05, 0) is 44.6 Å². The number of carbonyl (C=O) groups excluding carboxylic acids is 1. The van der Waals surface area contributed by atoms with Crippen LogP contribution in [0.25, 0.3) is 0 Å². The van der Waals surface area contributed by atoms with Crippen molar-refractivity contribution in [2.24, 2.45) is 5.41 Å². The van der Waals surface area contributed by atoms with E-state index in [4.69, 9.17) is 0 Å². The smallest absolute Gasteiger partial charge is 0.318 e. The Hall–Kier alpha value is -1.63. The largest absolute Gasteiger partial charge is 0.337 e. The van der Waals surface area contributed by atoms with Gasteiger partial charge >= 0.3 is 6.03 Å². The Morgan fingerprint density at radius 3 is 2.73 bits per heavy atom. The number of hydrogen-bond donors (Lipinski definition) is 2. The van der Waals surface area contributed by atoms with Gasteiger partial charge in [-0.15, -0.1) is 10.2 Å². The van der Waals surface area contributed by atoms with Crippen molar-refractivity contribution in [1.82, 2.24) is 30.3 Å². The molecule has 4 rings (SSSR count). The highest BCUT2D eigenvalue weighted by Gasteiger charge is 2.34. The molecule has 7 nitrogen and oxygen atoms in total. The third-order valence-electron chi connectivity index (χ3n) is 6.55. The van der Waals surface area contributed by atoms with E-state index in [0.29, 0.717) is 5.92 Å². The van der Waals surface area contributed by atoms with Crippen LogP contribution in [-0.2, 0) is 6.54 Å². The zero-order valence-corrected chi connectivity index (χ0v) is 16.1. The quantitative estimate of drug-likeness (QED) is 0.868. The first kappa shape index (κ1) is 17.8. The lowest BCUT2D eigenvalue weighted by molar-refractivity contribution is 0.150. The van der Waals surface area contributed by atoms with Crippen LogP contribution in [-0.4, -0.2) is 51.9 Å². The second kappa shape index (κ2) is 7.18. The van der Waals surface area contributed by atoms with Gasteiger partial charge < -0.3 is 20.1 Å². The van der Waals surface area contributed by atoms with Gasteiger partial charge in [-0.1, -0.05) is 19.8 Å². The molecule has 2 fully saturated rings. The van der Waals surface area contributed by atoms with Gasteiger partial charge in [0.15, 0.2) is 5.82 Å². The van der Waals surface area contributed by atoms with Crippen molar-refractivity contribution >= 4 is 6.03 Å². The number of piperidine rings is 1. The SMILES string of the molecule is CC1c2nnc(C3CCCC3)n2CCN1C(=O)NCC1(C)CCCNC1. The third kappa shape index (κ3) is 3.33. The number of aromatic nitrogens is 3. The number of nitrogens with zero attached hydrogens (tertiary/aromatic N) is 4. The van der Waals surface area contributed by atoms with Crippen molar-refractivity contribution in [2.45, 2.75) is 70.9 Å². The third-order valence-corrected chi connectivity index (χ3v) is 6.55. The first-order valence-corrected chi connectivity index (χ1v) is 10.3. The van der Waals surface area contributed by atoms with Crippen molar-refractivity contribution in [3.05, 3.63) is 11.6 Å². The van der Waals surface area contributed by atoms with E-state index in [1.165, 1.54) is 32.1 Å². The van der Waals surface area contributed by atoms with E-state index in [1.807, 2.05) is 4.90 Å². The van der Waals surface area contributed by atoms with E-state index in [-0.39, 0.29) is 17.5 Å². The molecule has 144 valence electrons. The molecule has 1 aliphatic carbocycles. The molecule has 1 saturated carbocycles. The summed E-state index contributed by atoms with van der Waals surface area (Å²) < 4.78 is 2.27. The average molecular weight is 361 g/mol. The average Bonchev–Trinajstić information content (AvgIpc) is 3.30. The second-order valence-corrected chi connectivity index (χ2v) is 8.67. The molecule has 2 unspecified atom stereocenters. The fourth-order valence-electron chi connectivity index (χ4n) is 4.83. The zero-order valence-electron chi connectivity index (χ0n) is 16.1. The summed E-state index contributed by atoms with van der Waals surface area (Å²) in [5.74, 6) is 2.65. The summed E-state index contributed by atoms with van der Waals surface area (Å²) in [4.78, 5) is 14.7. The van der Waals surface area contributed by atoms with Crippen LogP contribution >= 0.6 is 0 Å². The highest BCUT2D eigenvalue weighted by Crippen LogP contribution is 2.35. The van der Waals surface area contributed by atoms with Crippen LogP contribution < -0.4 is 10.6 Å².